The third-order valence-electron chi connectivity index (χ3n) is 3.69. The molecule has 5 heteroatoms. The average molecular weight is 283 g/mol. The molecule has 0 spiro atoms. The number of carbonyl (C=O) groups is 1. The first kappa shape index (κ1) is 14.8. The van der Waals surface area contributed by atoms with Gasteiger partial charge in [-0.05, 0) is 37.5 Å². The molecule has 0 heterocycles. The van der Waals surface area contributed by atoms with Crippen LogP contribution in [0.15, 0.2) is 24.3 Å². The number of benzene rings is 1. The van der Waals surface area contributed by atoms with E-state index in [1.807, 2.05) is 6.92 Å². The summed E-state index contributed by atoms with van der Waals surface area (Å²) in [7, 11) is 0. The van der Waals surface area contributed by atoms with Crippen LogP contribution in [0.1, 0.15) is 44.2 Å². The highest BCUT2D eigenvalue weighted by atomic mass is 19.3. The first-order valence-corrected chi connectivity index (χ1v) is 6.91. The zero-order valence-electron chi connectivity index (χ0n) is 11.4. The van der Waals surface area contributed by atoms with E-state index in [-0.39, 0.29) is 23.6 Å². The van der Waals surface area contributed by atoms with Crippen LogP contribution >= 0.6 is 0 Å². The van der Waals surface area contributed by atoms with Crippen molar-refractivity contribution in [1.29, 1.82) is 0 Å². The molecule has 1 atom stereocenters. The van der Waals surface area contributed by atoms with Crippen LogP contribution in [-0.4, -0.2) is 12.5 Å². The van der Waals surface area contributed by atoms with E-state index in [1.165, 1.54) is 12.1 Å². The summed E-state index contributed by atoms with van der Waals surface area (Å²) in [6.45, 7) is -0.934. The molecule has 110 valence electrons. The third-order valence-corrected chi connectivity index (χ3v) is 3.69. The molecule has 1 saturated carbocycles. The van der Waals surface area contributed by atoms with Crippen LogP contribution in [-0.2, 0) is 4.79 Å². The fraction of sp³-hybridized carbons (Fsp3) is 0.533. The fourth-order valence-electron chi connectivity index (χ4n) is 2.54. The standard InChI is InChI=1S/C15H19F2NO2/c1-10(18-14(19)12-4-2-3-5-12)11-6-8-13(9-7-11)20-15(16)17/h6-10,12,15H,2-5H2,1H3,(H,18,19). The first-order valence-electron chi connectivity index (χ1n) is 6.91. The van der Waals surface area contributed by atoms with Crippen molar-refractivity contribution in [3.8, 4) is 5.75 Å². The number of hydrogen-bond donors (Lipinski definition) is 1. The summed E-state index contributed by atoms with van der Waals surface area (Å²) in [5, 5.41) is 2.97. The van der Waals surface area contributed by atoms with Crippen LogP contribution in [0.5, 0.6) is 5.75 Å². The van der Waals surface area contributed by atoms with Crippen molar-refractivity contribution >= 4 is 5.91 Å². The van der Waals surface area contributed by atoms with Gasteiger partial charge in [0.25, 0.3) is 0 Å². The summed E-state index contributed by atoms with van der Waals surface area (Å²) in [6.07, 6.45) is 4.15. The Bertz CT molecular complexity index is 442. The highest BCUT2D eigenvalue weighted by Gasteiger charge is 2.23. The van der Waals surface area contributed by atoms with Crippen molar-refractivity contribution in [3.63, 3.8) is 0 Å². The minimum Gasteiger partial charge on any atom is -0.435 e. The van der Waals surface area contributed by atoms with Gasteiger partial charge in [-0.2, -0.15) is 8.78 Å². The molecule has 1 fully saturated rings. The lowest BCUT2D eigenvalue weighted by atomic mass is 10.0. The largest absolute Gasteiger partial charge is 0.435 e. The van der Waals surface area contributed by atoms with Crippen LogP contribution in [0.25, 0.3) is 0 Å². The quantitative estimate of drug-likeness (QED) is 0.895. The Morgan fingerprint density at radius 3 is 2.40 bits per heavy atom. The van der Waals surface area contributed by atoms with E-state index in [0.717, 1.165) is 31.2 Å². The van der Waals surface area contributed by atoms with E-state index in [0.29, 0.717) is 0 Å². The topological polar surface area (TPSA) is 38.3 Å². The fourth-order valence-corrected chi connectivity index (χ4v) is 2.54. The van der Waals surface area contributed by atoms with Gasteiger partial charge in [0.2, 0.25) is 5.91 Å². The maximum Gasteiger partial charge on any atom is 0.387 e. The van der Waals surface area contributed by atoms with Crippen molar-refractivity contribution in [2.45, 2.75) is 45.3 Å². The van der Waals surface area contributed by atoms with Crippen LogP contribution in [0.2, 0.25) is 0 Å². The van der Waals surface area contributed by atoms with Crippen LogP contribution < -0.4 is 10.1 Å². The zero-order valence-corrected chi connectivity index (χ0v) is 11.4. The molecule has 1 N–H and O–H groups in total. The van der Waals surface area contributed by atoms with Gasteiger partial charge in [0.1, 0.15) is 5.75 Å². The van der Waals surface area contributed by atoms with Crippen LogP contribution in [0.4, 0.5) is 8.78 Å². The monoisotopic (exact) mass is 283 g/mol. The Morgan fingerprint density at radius 2 is 1.85 bits per heavy atom. The maximum absolute atomic E-state index is 12.0. The Kier molecular flexibility index (Phi) is 4.93. The van der Waals surface area contributed by atoms with E-state index in [2.05, 4.69) is 10.1 Å². The number of nitrogens with one attached hydrogen (secondary N) is 1. The first-order chi connectivity index (χ1) is 9.56. The summed E-state index contributed by atoms with van der Waals surface area (Å²) < 4.78 is 28.4. The number of halogens is 2. The van der Waals surface area contributed by atoms with Gasteiger partial charge in [-0.15, -0.1) is 0 Å². The van der Waals surface area contributed by atoms with Gasteiger partial charge in [0, 0.05) is 5.92 Å². The smallest absolute Gasteiger partial charge is 0.387 e. The van der Waals surface area contributed by atoms with Crippen molar-refractivity contribution in [2.75, 3.05) is 0 Å². The lowest BCUT2D eigenvalue weighted by Gasteiger charge is -2.17. The summed E-state index contributed by atoms with van der Waals surface area (Å²) >= 11 is 0. The molecular formula is C15H19F2NO2. The minimum atomic E-state index is -2.82. The second-order valence-corrected chi connectivity index (χ2v) is 5.16. The second kappa shape index (κ2) is 6.68. The van der Waals surface area contributed by atoms with E-state index in [1.54, 1.807) is 12.1 Å². The minimum absolute atomic E-state index is 0.0860. The molecule has 0 aliphatic heterocycles. The summed E-state index contributed by atoms with van der Waals surface area (Å²) in [5.41, 5.74) is 0.873. The highest BCUT2D eigenvalue weighted by molar-refractivity contribution is 5.79. The average Bonchev–Trinajstić information content (AvgIpc) is 2.92. The summed E-state index contributed by atoms with van der Waals surface area (Å²) in [6, 6.07) is 6.22. The van der Waals surface area contributed by atoms with Gasteiger partial charge in [-0.3, -0.25) is 4.79 Å². The lowest BCUT2D eigenvalue weighted by Crippen LogP contribution is -2.31. The molecule has 0 radical (unpaired) electrons. The zero-order chi connectivity index (χ0) is 14.5. The predicted molar refractivity (Wildman–Crippen MR) is 71.6 cm³/mol. The maximum atomic E-state index is 12.0. The van der Waals surface area contributed by atoms with Gasteiger partial charge in [-0.1, -0.05) is 25.0 Å². The summed E-state index contributed by atoms with van der Waals surface area (Å²) in [4.78, 5) is 12.0. The predicted octanol–water partition coefficient (Wildman–Crippen LogP) is 3.66. The number of amides is 1. The van der Waals surface area contributed by atoms with E-state index >= 15 is 0 Å². The van der Waals surface area contributed by atoms with Gasteiger partial charge in [0.15, 0.2) is 0 Å². The lowest BCUT2D eigenvalue weighted by molar-refractivity contribution is -0.125. The van der Waals surface area contributed by atoms with E-state index < -0.39 is 6.61 Å². The molecule has 1 unspecified atom stereocenters. The van der Waals surface area contributed by atoms with Crippen molar-refractivity contribution in [1.82, 2.24) is 5.32 Å². The number of carbonyl (C=O) groups excluding carboxylic acids is 1. The van der Waals surface area contributed by atoms with Crippen molar-refractivity contribution in [3.05, 3.63) is 29.8 Å². The SMILES string of the molecule is CC(NC(=O)C1CCCC1)c1ccc(OC(F)F)cc1. The van der Waals surface area contributed by atoms with Gasteiger partial charge >= 0.3 is 6.61 Å². The molecule has 0 saturated heterocycles. The van der Waals surface area contributed by atoms with Gasteiger partial charge < -0.3 is 10.1 Å². The number of hydrogen-bond acceptors (Lipinski definition) is 2. The summed E-state index contributed by atoms with van der Waals surface area (Å²) in [5.74, 6) is 0.333. The van der Waals surface area contributed by atoms with Crippen LogP contribution in [0.3, 0.4) is 0 Å². The molecule has 0 bridgehead atoms. The molecule has 1 aliphatic rings. The van der Waals surface area contributed by atoms with Gasteiger partial charge in [0.05, 0.1) is 6.04 Å². The molecule has 1 amide bonds. The van der Waals surface area contributed by atoms with E-state index in [4.69, 9.17) is 0 Å². The van der Waals surface area contributed by atoms with Gasteiger partial charge in [-0.25, -0.2) is 0 Å². The van der Waals surface area contributed by atoms with Crippen molar-refractivity contribution in [2.24, 2.45) is 5.92 Å². The normalized spacial score (nSPS) is 17.2. The molecule has 2 rings (SSSR count). The number of ether oxygens (including phenoxy) is 1. The Balaban J connectivity index is 1.91. The molecule has 1 aromatic rings. The molecule has 3 nitrogen and oxygen atoms in total. The number of alkyl halides is 2. The molecule has 1 aromatic carbocycles. The van der Waals surface area contributed by atoms with E-state index in [9.17, 15) is 13.6 Å². The highest BCUT2D eigenvalue weighted by Crippen LogP contribution is 2.26. The van der Waals surface area contributed by atoms with Crippen LogP contribution in [0, 0.1) is 5.92 Å². The molecule has 0 aromatic heterocycles. The molecular weight excluding hydrogens is 264 g/mol. The Hall–Kier alpha value is -1.65. The Morgan fingerprint density at radius 1 is 1.25 bits per heavy atom. The molecule has 20 heavy (non-hydrogen) atoms. The Labute approximate surface area is 117 Å². The molecule has 1 aliphatic carbocycles. The second-order valence-electron chi connectivity index (χ2n) is 5.16. The third kappa shape index (κ3) is 3.92. The number of rotatable bonds is 5. The van der Waals surface area contributed by atoms with Crippen molar-refractivity contribution < 1.29 is 18.3 Å².